The Kier molecular flexibility index (Phi) is 3.89. The van der Waals surface area contributed by atoms with Crippen LogP contribution in [0.5, 0.6) is 5.75 Å². The van der Waals surface area contributed by atoms with Gasteiger partial charge in [0.1, 0.15) is 11.4 Å². The Morgan fingerprint density at radius 2 is 1.83 bits per heavy atom. The molecule has 0 spiro atoms. The molecule has 1 aliphatic heterocycles. The van der Waals surface area contributed by atoms with E-state index in [1.54, 1.807) is 44.2 Å². The summed E-state index contributed by atoms with van der Waals surface area (Å²) in [6.07, 6.45) is 0. The third kappa shape index (κ3) is 2.83. The van der Waals surface area contributed by atoms with Crippen molar-refractivity contribution in [3.8, 4) is 5.75 Å². The van der Waals surface area contributed by atoms with Crippen LogP contribution in [0.3, 0.4) is 0 Å². The van der Waals surface area contributed by atoms with Gasteiger partial charge in [0, 0.05) is 0 Å². The largest absolute Gasteiger partial charge is 0.505 e. The zero-order chi connectivity index (χ0) is 16.4. The van der Waals surface area contributed by atoms with Crippen LogP contribution in [0.25, 0.3) is 0 Å². The van der Waals surface area contributed by atoms with Gasteiger partial charge in [-0.2, -0.15) is 20.3 Å². The van der Waals surface area contributed by atoms with Crippen LogP contribution in [0, 0.1) is 6.92 Å². The Hall–Kier alpha value is -3.02. The van der Waals surface area contributed by atoms with Gasteiger partial charge in [0.05, 0.1) is 11.4 Å². The number of phenols is 1. The average molecular weight is 308 g/mol. The molecule has 6 nitrogen and oxygen atoms in total. The third-order valence-corrected chi connectivity index (χ3v) is 3.59. The number of benzene rings is 2. The molecular weight excluding hydrogens is 292 g/mol. The molecular formula is C17H16N4O2. The van der Waals surface area contributed by atoms with Crippen LogP contribution in [0.15, 0.2) is 63.9 Å². The van der Waals surface area contributed by atoms with Gasteiger partial charge in [0.15, 0.2) is 6.04 Å². The summed E-state index contributed by atoms with van der Waals surface area (Å²) in [6.45, 7) is 3.51. The van der Waals surface area contributed by atoms with Crippen molar-refractivity contribution >= 4 is 23.0 Å². The predicted octanol–water partition coefficient (Wildman–Crippen LogP) is 3.58. The maximum Gasteiger partial charge on any atom is 0.280 e. The van der Waals surface area contributed by atoms with Gasteiger partial charge in [0.2, 0.25) is 0 Å². The second kappa shape index (κ2) is 6.00. The number of carbonyl (C=O) groups excluding carboxylic acids is 1. The van der Waals surface area contributed by atoms with Crippen LogP contribution in [0.2, 0.25) is 0 Å². The molecule has 0 radical (unpaired) electrons. The Morgan fingerprint density at radius 1 is 1.09 bits per heavy atom. The van der Waals surface area contributed by atoms with Crippen molar-refractivity contribution in [2.45, 2.75) is 19.9 Å². The maximum atomic E-state index is 12.5. The highest BCUT2D eigenvalue weighted by atomic mass is 16.3. The second-order valence-electron chi connectivity index (χ2n) is 5.29. The van der Waals surface area contributed by atoms with E-state index in [1.165, 1.54) is 5.01 Å². The van der Waals surface area contributed by atoms with Gasteiger partial charge in [-0.25, -0.2) is 0 Å². The van der Waals surface area contributed by atoms with Crippen LogP contribution in [0.1, 0.15) is 12.5 Å². The lowest BCUT2D eigenvalue weighted by atomic mass is 10.2. The zero-order valence-corrected chi connectivity index (χ0v) is 12.8. The van der Waals surface area contributed by atoms with Crippen molar-refractivity contribution < 1.29 is 9.90 Å². The molecule has 0 aliphatic carbocycles. The molecule has 23 heavy (non-hydrogen) atoms. The first-order valence-electron chi connectivity index (χ1n) is 7.21. The van der Waals surface area contributed by atoms with Crippen LogP contribution in [0.4, 0.5) is 11.4 Å². The fourth-order valence-corrected chi connectivity index (χ4v) is 2.29. The Bertz CT molecular complexity index is 799. The number of azo groups is 1. The first-order chi connectivity index (χ1) is 11.1. The first kappa shape index (κ1) is 14.9. The number of rotatable bonds is 3. The molecule has 1 atom stereocenters. The average Bonchev–Trinajstić information content (AvgIpc) is 2.84. The smallest absolute Gasteiger partial charge is 0.280 e. The highest BCUT2D eigenvalue weighted by molar-refractivity contribution is 6.18. The summed E-state index contributed by atoms with van der Waals surface area (Å²) in [6, 6.07) is 13.6. The third-order valence-electron chi connectivity index (χ3n) is 3.59. The molecule has 1 aliphatic rings. The van der Waals surface area contributed by atoms with Crippen molar-refractivity contribution in [3.05, 3.63) is 54.1 Å². The Morgan fingerprint density at radius 3 is 2.57 bits per heavy atom. The lowest BCUT2D eigenvalue weighted by Crippen LogP contribution is -2.29. The number of para-hydroxylation sites is 2. The van der Waals surface area contributed by atoms with Gasteiger partial charge in [-0.05, 0) is 37.6 Å². The molecule has 1 heterocycles. The van der Waals surface area contributed by atoms with E-state index >= 15 is 0 Å². The van der Waals surface area contributed by atoms with Gasteiger partial charge in [-0.1, -0.05) is 30.3 Å². The van der Waals surface area contributed by atoms with E-state index in [4.69, 9.17) is 0 Å². The van der Waals surface area contributed by atoms with Gasteiger partial charge in [-0.3, -0.25) is 4.79 Å². The number of hydrogen-bond donors (Lipinski definition) is 1. The molecule has 0 saturated carbocycles. The summed E-state index contributed by atoms with van der Waals surface area (Å²) in [7, 11) is 0. The van der Waals surface area contributed by atoms with Gasteiger partial charge < -0.3 is 5.11 Å². The fourth-order valence-electron chi connectivity index (χ4n) is 2.29. The molecule has 2 aromatic carbocycles. The molecule has 6 heteroatoms. The molecule has 3 rings (SSSR count). The normalized spacial score (nSPS) is 17.8. The van der Waals surface area contributed by atoms with Crippen molar-refractivity contribution in [2.24, 2.45) is 15.3 Å². The quantitative estimate of drug-likeness (QED) is 0.880. The van der Waals surface area contributed by atoms with Crippen LogP contribution < -0.4 is 5.01 Å². The number of phenolic OH excluding ortho intramolecular Hbond substituents is 1. The second-order valence-corrected chi connectivity index (χ2v) is 5.29. The number of nitrogens with zero attached hydrogens (tertiary/aromatic N) is 4. The summed E-state index contributed by atoms with van der Waals surface area (Å²) in [5.74, 6) is -0.194. The van der Waals surface area contributed by atoms with Crippen molar-refractivity contribution in [2.75, 3.05) is 5.01 Å². The number of aromatic hydroxyl groups is 1. The number of anilines is 1. The number of carbonyl (C=O) groups is 1. The van der Waals surface area contributed by atoms with E-state index in [2.05, 4.69) is 15.3 Å². The maximum absolute atomic E-state index is 12.5. The minimum Gasteiger partial charge on any atom is -0.505 e. The molecule has 0 fully saturated rings. The number of amides is 1. The molecule has 1 unspecified atom stereocenters. The van der Waals surface area contributed by atoms with Crippen LogP contribution >= 0.6 is 0 Å². The molecule has 0 aromatic heterocycles. The minimum atomic E-state index is -0.768. The van der Waals surface area contributed by atoms with E-state index in [0.717, 1.165) is 0 Å². The first-order valence-corrected chi connectivity index (χ1v) is 7.21. The van der Waals surface area contributed by atoms with Crippen LogP contribution in [-0.4, -0.2) is 22.8 Å². The number of hydrazone groups is 1. The summed E-state index contributed by atoms with van der Waals surface area (Å²) < 4.78 is 0. The highest BCUT2D eigenvalue weighted by Crippen LogP contribution is 2.30. The summed E-state index contributed by atoms with van der Waals surface area (Å²) in [4.78, 5) is 12.5. The highest BCUT2D eigenvalue weighted by Gasteiger charge is 2.34. The Labute approximate surface area is 133 Å². The van der Waals surface area contributed by atoms with Crippen LogP contribution in [-0.2, 0) is 4.79 Å². The summed E-state index contributed by atoms with van der Waals surface area (Å²) >= 11 is 0. The summed E-state index contributed by atoms with van der Waals surface area (Å²) in [5.41, 5.74) is 2.29. The van der Waals surface area contributed by atoms with Gasteiger partial charge >= 0.3 is 0 Å². The molecule has 0 saturated heterocycles. The van der Waals surface area contributed by atoms with E-state index in [-0.39, 0.29) is 11.7 Å². The SMILES string of the molecule is CC1=NN(c2ccccc2)C(=O)C1N=Nc1cccc(C)c1O. The zero-order valence-electron chi connectivity index (χ0n) is 12.8. The minimum absolute atomic E-state index is 0.0659. The van der Waals surface area contributed by atoms with E-state index < -0.39 is 6.04 Å². The predicted molar refractivity (Wildman–Crippen MR) is 88.2 cm³/mol. The molecule has 1 amide bonds. The molecule has 0 bridgehead atoms. The van der Waals surface area contributed by atoms with E-state index in [1.807, 2.05) is 18.2 Å². The van der Waals surface area contributed by atoms with Gasteiger partial charge in [0.25, 0.3) is 5.91 Å². The van der Waals surface area contributed by atoms with E-state index in [0.29, 0.717) is 22.6 Å². The van der Waals surface area contributed by atoms with Gasteiger partial charge in [-0.15, -0.1) is 0 Å². The van der Waals surface area contributed by atoms with Crippen molar-refractivity contribution in [3.63, 3.8) is 0 Å². The number of hydrogen-bond acceptors (Lipinski definition) is 5. The topological polar surface area (TPSA) is 77.6 Å². The molecule has 2 aromatic rings. The lowest BCUT2D eigenvalue weighted by Gasteiger charge is -2.11. The monoisotopic (exact) mass is 308 g/mol. The molecule has 116 valence electrons. The molecule has 1 N–H and O–H groups in total. The lowest BCUT2D eigenvalue weighted by molar-refractivity contribution is -0.117. The number of aryl methyl sites for hydroxylation is 1. The van der Waals surface area contributed by atoms with Crippen molar-refractivity contribution in [1.29, 1.82) is 0 Å². The van der Waals surface area contributed by atoms with E-state index in [9.17, 15) is 9.90 Å². The standard InChI is InChI=1S/C17H16N4O2/c1-11-7-6-10-14(16(11)22)18-19-15-12(2)20-21(17(15)23)13-8-4-3-5-9-13/h3-10,15,22H,1-2H3. The fraction of sp³-hybridized carbons (Fsp3) is 0.176. The van der Waals surface area contributed by atoms with Crippen molar-refractivity contribution in [1.82, 2.24) is 0 Å². The Balaban J connectivity index is 1.85. The summed E-state index contributed by atoms with van der Waals surface area (Å²) in [5, 5.41) is 23.6.